The minimum Gasteiger partial charge on any atom is -0.247 e. The van der Waals surface area contributed by atoms with E-state index in [9.17, 15) is 0 Å². The van der Waals surface area contributed by atoms with E-state index in [0.717, 1.165) is 77.3 Å². The monoisotopic (exact) mass is 799 g/mol. The highest BCUT2D eigenvalue weighted by atomic mass is 14.8. The molecule has 0 unspecified atom stereocenters. The quantitative estimate of drug-likeness (QED) is 0.163. The molecule has 12 aromatic rings. The summed E-state index contributed by atoms with van der Waals surface area (Å²) >= 11 is 0. The predicted molar refractivity (Wildman–Crippen MR) is 261 cm³/mol. The third-order valence-corrected chi connectivity index (χ3v) is 13.3. The Morgan fingerprint density at radius 2 is 0.841 bits per heavy atom. The van der Waals surface area contributed by atoms with E-state index in [1.54, 1.807) is 0 Å². The van der Waals surface area contributed by atoms with Crippen LogP contribution in [0.3, 0.4) is 0 Å². The fourth-order valence-electron chi connectivity index (χ4n) is 10.6. The van der Waals surface area contributed by atoms with Gasteiger partial charge in [-0.1, -0.05) is 206 Å². The summed E-state index contributed by atoms with van der Waals surface area (Å²) in [6.07, 6.45) is 0. The molecule has 0 amide bonds. The Hall–Kier alpha value is -8.27. The molecular formula is C60H37N3. The third-order valence-electron chi connectivity index (χ3n) is 13.3. The van der Waals surface area contributed by atoms with E-state index in [1.807, 2.05) is 6.07 Å². The zero-order chi connectivity index (χ0) is 41.5. The van der Waals surface area contributed by atoms with Crippen LogP contribution in [0.2, 0.25) is 0 Å². The van der Waals surface area contributed by atoms with Crippen molar-refractivity contribution < 1.29 is 0 Å². The maximum atomic E-state index is 5.65. The summed E-state index contributed by atoms with van der Waals surface area (Å²) in [5, 5.41) is 7.91. The molecule has 13 rings (SSSR count). The van der Waals surface area contributed by atoms with E-state index in [4.69, 9.17) is 15.0 Å². The van der Waals surface area contributed by atoms with Crippen molar-refractivity contribution in [1.29, 1.82) is 0 Å². The molecule has 0 bridgehead atoms. The molecule has 63 heavy (non-hydrogen) atoms. The van der Waals surface area contributed by atoms with Gasteiger partial charge in [-0.05, 0) is 67.7 Å². The van der Waals surface area contributed by atoms with Gasteiger partial charge in [0, 0.05) is 38.2 Å². The van der Waals surface area contributed by atoms with Crippen molar-refractivity contribution in [2.45, 2.75) is 5.41 Å². The summed E-state index contributed by atoms with van der Waals surface area (Å²) in [5.74, 6) is 0. The summed E-state index contributed by atoms with van der Waals surface area (Å²) in [6, 6.07) is 80.8. The third kappa shape index (κ3) is 5.23. The second-order valence-electron chi connectivity index (χ2n) is 16.6. The van der Waals surface area contributed by atoms with Crippen molar-refractivity contribution in [3.63, 3.8) is 0 Å². The van der Waals surface area contributed by atoms with Crippen molar-refractivity contribution in [3.05, 3.63) is 247 Å². The molecule has 1 aliphatic rings. The molecule has 3 heteroatoms. The Kier molecular flexibility index (Phi) is 7.82. The van der Waals surface area contributed by atoms with Gasteiger partial charge in [-0.2, -0.15) is 0 Å². The molecule has 0 N–H and O–H groups in total. The molecule has 0 saturated carbocycles. The van der Waals surface area contributed by atoms with Gasteiger partial charge in [0.25, 0.3) is 0 Å². The highest BCUT2D eigenvalue weighted by molar-refractivity contribution is 6.20. The van der Waals surface area contributed by atoms with Crippen LogP contribution in [0.1, 0.15) is 22.3 Å². The van der Waals surface area contributed by atoms with Gasteiger partial charge in [-0.25, -0.2) is 15.0 Å². The molecule has 9 aromatic carbocycles. The lowest BCUT2D eigenvalue weighted by Crippen LogP contribution is -2.28. The second-order valence-corrected chi connectivity index (χ2v) is 16.6. The van der Waals surface area contributed by atoms with Crippen LogP contribution in [-0.2, 0) is 5.41 Å². The van der Waals surface area contributed by atoms with E-state index < -0.39 is 5.41 Å². The van der Waals surface area contributed by atoms with Crippen LogP contribution in [0, 0.1) is 0 Å². The summed E-state index contributed by atoms with van der Waals surface area (Å²) in [6.45, 7) is 0. The first-order valence-corrected chi connectivity index (χ1v) is 21.6. The lowest BCUT2D eigenvalue weighted by molar-refractivity contribution is 0.769. The van der Waals surface area contributed by atoms with Crippen LogP contribution in [0.5, 0.6) is 0 Å². The van der Waals surface area contributed by atoms with E-state index >= 15 is 0 Å². The van der Waals surface area contributed by atoms with Crippen LogP contribution in [-0.4, -0.2) is 15.0 Å². The predicted octanol–water partition coefficient (Wildman–Crippen LogP) is 15.0. The van der Waals surface area contributed by atoms with Crippen LogP contribution in [0.15, 0.2) is 224 Å². The number of aromatic nitrogens is 3. The van der Waals surface area contributed by atoms with E-state index in [1.165, 1.54) is 44.2 Å². The normalized spacial score (nSPS) is 12.9. The minimum absolute atomic E-state index is 0.488. The summed E-state index contributed by atoms with van der Waals surface area (Å²) < 4.78 is 0. The van der Waals surface area contributed by atoms with Gasteiger partial charge in [0.2, 0.25) is 0 Å². The number of benzene rings is 9. The number of pyridine rings is 3. The molecule has 0 radical (unpaired) electrons. The highest BCUT2D eigenvalue weighted by Crippen LogP contribution is 2.58. The average Bonchev–Trinajstić information content (AvgIpc) is 3.67. The Labute approximate surface area is 364 Å². The lowest BCUT2D eigenvalue weighted by Gasteiger charge is -2.34. The Bertz CT molecular complexity index is 3750. The standard InChI is InChI=1S/C60H37N3/c1-4-16-38(17-5-1)52-35-30-39-28-29-40-31-36-53(62-58(40)57(39)61-52)45-32-33-48(44-23-11-10-22-43(44)45)59-47-25-13-12-24-46(47)56-54(63-59)37-34-51-55(56)49-26-14-15-27-50(49)60(51,41-18-6-2-7-19-41)42-20-8-3-9-21-42/h1-37H. The molecule has 3 nitrogen and oxygen atoms in total. The smallest absolute Gasteiger partial charge is 0.0972 e. The maximum Gasteiger partial charge on any atom is 0.0972 e. The van der Waals surface area contributed by atoms with Crippen molar-refractivity contribution >= 4 is 54.3 Å². The summed E-state index contributed by atoms with van der Waals surface area (Å²) in [7, 11) is 0. The second kappa shape index (κ2) is 13.9. The lowest BCUT2D eigenvalue weighted by atomic mass is 9.67. The molecule has 0 aliphatic heterocycles. The van der Waals surface area contributed by atoms with Crippen molar-refractivity contribution in [1.82, 2.24) is 15.0 Å². The summed E-state index contributed by atoms with van der Waals surface area (Å²) in [5.41, 5.74) is 16.0. The first-order valence-electron chi connectivity index (χ1n) is 21.6. The SMILES string of the molecule is c1ccc(-c2ccc3ccc4ccc(-c5ccc(-c6nc7ccc8c(c7c7ccccc67)-c6ccccc6C8(c6ccccc6)c6ccccc6)c6ccccc56)nc4c3n2)cc1. The topological polar surface area (TPSA) is 38.7 Å². The molecule has 0 saturated heterocycles. The minimum atomic E-state index is -0.488. The van der Waals surface area contributed by atoms with Crippen molar-refractivity contribution in [3.8, 4) is 44.9 Å². The van der Waals surface area contributed by atoms with Crippen LogP contribution in [0.25, 0.3) is 99.2 Å². The van der Waals surface area contributed by atoms with Crippen LogP contribution in [0.4, 0.5) is 0 Å². The van der Waals surface area contributed by atoms with Gasteiger partial charge in [0.1, 0.15) is 0 Å². The van der Waals surface area contributed by atoms with Gasteiger partial charge < -0.3 is 0 Å². The zero-order valence-corrected chi connectivity index (χ0v) is 34.2. The Morgan fingerprint density at radius 3 is 1.54 bits per heavy atom. The Balaban J connectivity index is 1.02. The van der Waals surface area contributed by atoms with E-state index in [2.05, 4.69) is 218 Å². The van der Waals surface area contributed by atoms with Gasteiger partial charge in [0.05, 0.1) is 39.0 Å². The fraction of sp³-hybridized carbons (Fsp3) is 0.0167. The van der Waals surface area contributed by atoms with Gasteiger partial charge in [0.15, 0.2) is 0 Å². The van der Waals surface area contributed by atoms with Crippen LogP contribution >= 0.6 is 0 Å². The molecule has 0 atom stereocenters. The van der Waals surface area contributed by atoms with Gasteiger partial charge in [-0.3, -0.25) is 0 Å². The maximum absolute atomic E-state index is 5.65. The first kappa shape index (κ1) is 35.5. The highest BCUT2D eigenvalue weighted by Gasteiger charge is 2.46. The van der Waals surface area contributed by atoms with Crippen molar-refractivity contribution in [2.24, 2.45) is 0 Å². The van der Waals surface area contributed by atoms with Gasteiger partial charge in [-0.15, -0.1) is 0 Å². The average molecular weight is 800 g/mol. The van der Waals surface area contributed by atoms with Crippen LogP contribution < -0.4 is 0 Å². The van der Waals surface area contributed by atoms with E-state index in [-0.39, 0.29) is 0 Å². The fourth-order valence-corrected chi connectivity index (χ4v) is 10.6. The molecular weight excluding hydrogens is 763 g/mol. The molecule has 3 aromatic heterocycles. The summed E-state index contributed by atoms with van der Waals surface area (Å²) in [4.78, 5) is 16.2. The largest absolute Gasteiger partial charge is 0.247 e. The van der Waals surface area contributed by atoms with E-state index in [0.29, 0.717) is 0 Å². The number of hydrogen-bond acceptors (Lipinski definition) is 3. The number of fused-ring (bicyclic) bond motifs is 11. The molecule has 292 valence electrons. The first-order chi connectivity index (χ1) is 31.3. The zero-order valence-electron chi connectivity index (χ0n) is 34.2. The molecule has 3 heterocycles. The number of nitrogens with zero attached hydrogens (tertiary/aromatic N) is 3. The molecule has 0 fully saturated rings. The van der Waals surface area contributed by atoms with Gasteiger partial charge >= 0.3 is 0 Å². The number of rotatable bonds is 5. The Morgan fingerprint density at radius 1 is 0.317 bits per heavy atom. The number of hydrogen-bond donors (Lipinski definition) is 0. The molecule has 0 spiro atoms. The van der Waals surface area contributed by atoms with Crippen molar-refractivity contribution in [2.75, 3.05) is 0 Å². The molecule has 1 aliphatic carbocycles.